The highest BCUT2D eigenvalue weighted by molar-refractivity contribution is 5.43. The smallest absolute Gasteiger partial charge is 0.145 e. The minimum Gasteiger partial charge on any atom is -0.345 e. The maximum atomic E-state index is 8.49. The first kappa shape index (κ1) is 10.8. The molecule has 5 nitrogen and oxygen atoms in total. The third-order valence-electron chi connectivity index (χ3n) is 1.76. The number of nitrogens with zero attached hydrogens (tertiary/aromatic N) is 3. The van der Waals surface area contributed by atoms with Crippen LogP contribution in [0.2, 0.25) is 0 Å². The molecule has 0 aromatic carbocycles. The lowest BCUT2D eigenvalue weighted by atomic mass is 10.2. The van der Waals surface area contributed by atoms with E-state index in [0.29, 0.717) is 11.7 Å². The average Bonchev–Trinajstić information content (AvgIpc) is 2.68. The van der Waals surface area contributed by atoms with E-state index in [2.05, 4.69) is 15.3 Å². The van der Waals surface area contributed by atoms with Crippen LogP contribution in [0.15, 0.2) is 18.0 Å². The molecule has 1 aromatic heterocycles. The Kier molecular flexibility index (Phi) is 3.48. The van der Waals surface area contributed by atoms with Gasteiger partial charge in [-0.3, -0.25) is 0 Å². The molecule has 0 atom stereocenters. The molecule has 0 amide bonds. The molecule has 0 radical (unpaired) electrons. The highest BCUT2D eigenvalue weighted by Gasteiger charge is 2.03. The summed E-state index contributed by atoms with van der Waals surface area (Å²) in [6.07, 6.45) is 2.97. The van der Waals surface area contributed by atoms with Crippen LogP contribution in [0.3, 0.4) is 0 Å². The molecular formula is C10H11N5. The first-order chi connectivity index (χ1) is 7.17. The van der Waals surface area contributed by atoms with Gasteiger partial charge in [-0.05, 0) is 0 Å². The van der Waals surface area contributed by atoms with Gasteiger partial charge in [-0.2, -0.15) is 10.5 Å². The van der Waals surface area contributed by atoms with Gasteiger partial charge in [-0.25, -0.2) is 4.98 Å². The molecule has 0 aliphatic rings. The van der Waals surface area contributed by atoms with Crippen molar-refractivity contribution in [1.29, 1.82) is 10.5 Å². The maximum Gasteiger partial charge on any atom is 0.145 e. The van der Waals surface area contributed by atoms with Gasteiger partial charge in [0.2, 0.25) is 0 Å². The van der Waals surface area contributed by atoms with E-state index in [0.717, 1.165) is 5.82 Å². The molecule has 1 heterocycles. The number of allylic oxidation sites excluding steroid dienone is 1. The summed E-state index contributed by atoms with van der Waals surface area (Å²) < 4.78 is 0. The van der Waals surface area contributed by atoms with Crippen LogP contribution in [0.1, 0.15) is 25.6 Å². The van der Waals surface area contributed by atoms with Gasteiger partial charge >= 0.3 is 0 Å². The lowest BCUT2D eigenvalue weighted by Crippen LogP contribution is -1.92. The minimum absolute atomic E-state index is 0.0238. The molecule has 0 unspecified atom stereocenters. The van der Waals surface area contributed by atoms with E-state index < -0.39 is 0 Å². The number of nitrogens with one attached hydrogen (secondary N) is 2. The second kappa shape index (κ2) is 4.83. The third kappa shape index (κ3) is 2.85. The number of nitriles is 2. The lowest BCUT2D eigenvalue weighted by Gasteiger charge is -1.98. The van der Waals surface area contributed by atoms with Gasteiger partial charge in [0.05, 0.1) is 6.20 Å². The van der Waals surface area contributed by atoms with Gasteiger partial charge in [-0.15, -0.1) is 0 Å². The van der Waals surface area contributed by atoms with Crippen LogP contribution in [-0.2, 0) is 0 Å². The summed E-state index contributed by atoms with van der Waals surface area (Å²) in [7, 11) is 0. The number of H-pyrrole nitrogens is 1. The summed E-state index contributed by atoms with van der Waals surface area (Å²) >= 11 is 0. The Hall–Kier alpha value is -2.27. The quantitative estimate of drug-likeness (QED) is 0.730. The Bertz CT molecular complexity index is 425. The molecule has 76 valence electrons. The molecule has 0 saturated heterocycles. The van der Waals surface area contributed by atoms with E-state index in [1.165, 1.54) is 6.20 Å². The van der Waals surface area contributed by atoms with Crippen LogP contribution in [0.25, 0.3) is 0 Å². The number of anilines is 1. The molecule has 0 spiro atoms. The topological polar surface area (TPSA) is 88.3 Å². The molecule has 0 aliphatic carbocycles. The lowest BCUT2D eigenvalue weighted by molar-refractivity contribution is 0.795. The van der Waals surface area contributed by atoms with Gasteiger partial charge in [0, 0.05) is 12.1 Å². The summed E-state index contributed by atoms with van der Waals surface area (Å²) in [5.41, 5.74) is 0.0238. The van der Waals surface area contributed by atoms with Gasteiger partial charge < -0.3 is 10.3 Å². The molecule has 1 rings (SSSR count). The Morgan fingerprint density at radius 1 is 1.53 bits per heavy atom. The predicted octanol–water partition coefficient (Wildman–Crippen LogP) is 1.88. The normalized spacial score (nSPS) is 9.13. The number of hydrogen-bond acceptors (Lipinski definition) is 4. The summed E-state index contributed by atoms with van der Waals surface area (Å²) in [4.78, 5) is 7.16. The summed E-state index contributed by atoms with van der Waals surface area (Å²) in [6.45, 7) is 4.04. The second-order valence-electron chi connectivity index (χ2n) is 3.26. The van der Waals surface area contributed by atoms with E-state index in [4.69, 9.17) is 10.5 Å². The summed E-state index contributed by atoms with van der Waals surface area (Å²) in [5.74, 6) is 1.85. The van der Waals surface area contributed by atoms with Crippen LogP contribution >= 0.6 is 0 Å². The zero-order valence-electron chi connectivity index (χ0n) is 8.57. The molecular weight excluding hydrogens is 190 g/mol. The van der Waals surface area contributed by atoms with Crippen LogP contribution in [0.5, 0.6) is 0 Å². The van der Waals surface area contributed by atoms with Crippen molar-refractivity contribution in [2.75, 3.05) is 5.32 Å². The van der Waals surface area contributed by atoms with E-state index in [1.54, 1.807) is 18.3 Å². The summed E-state index contributed by atoms with van der Waals surface area (Å²) in [5, 5.41) is 19.8. The standard InChI is InChI=1S/C10H11N5/c1-7(2)10-14-6-9(15-10)13-5-8(3-11)4-12/h5-7,13H,1-2H3,(H,14,15). The zero-order chi connectivity index (χ0) is 11.3. The van der Waals surface area contributed by atoms with Crippen molar-refractivity contribution in [1.82, 2.24) is 9.97 Å². The molecule has 1 aromatic rings. The fourth-order valence-corrected chi connectivity index (χ4v) is 0.943. The van der Waals surface area contributed by atoms with E-state index in [1.807, 2.05) is 13.8 Å². The predicted molar refractivity (Wildman–Crippen MR) is 55.6 cm³/mol. The Balaban J connectivity index is 2.72. The van der Waals surface area contributed by atoms with Gasteiger partial charge in [0.25, 0.3) is 0 Å². The molecule has 5 heteroatoms. The van der Waals surface area contributed by atoms with Crippen LogP contribution < -0.4 is 5.32 Å². The average molecular weight is 201 g/mol. The monoisotopic (exact) mass is 201 g/mol. The first-order valence-corrected chi connectivity index (χ1v) is 4.49. The largest absolute Gasteiger partial charge is 0.345 e. The van der Waals surface area contributed by atoms with Crippen molar-refractivity contribution in [3.63, 3.8) is 0 Å². The van der Waals surface area contributed by atoms with Gasteiger partial charge in [-0.1, -0.05) is 13.8 Å². The summed E-state index contributed by atoms with van der Waals surface area (Å²) in [6, 6.07) is 3.51. The van der Waals surface area contributed by atoms with Gasteiger partial charge in [0.1, 0.15) is 29.4 Å². The van der Waals surface area contributed by atoms with Crippen molar-refractivity contribution >= 4 is 5.82 Å². The zero-order valence-corrected chi connectivity index (χ0v) is 8.57. The van der Waals surface area contributed by atoms with Crippen LogP contribution in [-0.4, -0.2) is 9.97 Å². The van der Waals surface area contributed by atoms with Crippen molar-refractivity contribution in [3.8, 4) is 12.1 Å². The molecule has 0 saturated carbocycles. The Morgan fingerprint density at radius 3 is 2.67 bits per heavy atom. The molecule has 0 bridgehead atoms. The fourth-order valence-electron chi connectivity index (χ4n) is 0.943. The minimum atomic E-state index is 0.0238. The number of hydrogen-bond donors (Lipinski definition) is 2. The van der Waals surface area contributed by atoms with Crippen molar-refractivity contribution in [3.05, 3.63) is 23.8 Å². The molecule has 2 N–H and O–H groups in total. The maximum absolute atomic E-state index is 8.49. The first-order valence-electron chi connectivity index (χ1n) is 4.49. The highest BCUT2D eigenvalue weighted by atomic mass is 15.0. The van der Waals surface area contributed by atoms with Crippen molar-refractivity contribution in [2.45, 2.75) is 19.8 Å². The second-order valence-corrected chi connectivity index (χ2v) is 3.26. The van der Waals surface area contributed by atoms with E-state index in [-0.39, 0.29) is 5.57 Å². The van der Waals surface area contributed by atoms with E-state index >= 15 is 0 Å². The molecule has 15 heavy (non-hydrogen) atoms. The Morgan fingerprint density at radius 2 is 2.20 bits per heavy atom. The number of aromatic amines is 1. The molecule has 0 fully saturated rings. The van der Waals surface area contributed by atoms with Gasteiger partial charge in [0.15, 0.2) is 0 Å². The third-order valence-corrected chi connectivity index (χ3v) is 1.76. The fraction of sp³-hybridized carbons (Fsp3) is 0.300. The van der Waals surface area contributed by atoms with Crippen LogP contribution in [0.4, 0.5) is 5.82 Å². The number of aromatic nitrogens is 2. The van der Waals surface area contributed by atoms with Crippen molar-refractivity contribution in [2.24, 2.45) is 0 Å². The Labute approximate surface area is 88.1 Å². The SMILES string of the molecule is CC(C)c1ncc(NC=C(C#N)C#N)[nH]1. The van der Waals surface area contributed by atoms with Crippen molar-refractivity contribution < 1.29 is 0 Å². The van der Waals surface area contributed by atoms with Crippen LogP contribution in [0, 0.1) is 22.7 Å². The highest BCUT2D eigenvalue weighted by Crippen LogP contribution is 2.12. The van der Waals surface area contributed by atoms with E-state index in [9.17, 15) is 0 Å². The molecule has 0 aliphatic heterocycles. The number of imidazole rings is 1. The number of rotatable bonds is 3.